The van der Waals surface area contributed by atoms with Crippen molar-refractivity contribution in [3.05, 3.63) is 23.6 Å². The first kappa shape index (κ1) is 15.4. The smallest absolute Gasteiger partial charge is 0.409 e. The Labute approximate surface area is 120 Å². The number of rotatable bonds is 3. The average molecular weight is 303 g/mol. The van der Waals surface area contributed by atoms with E-state index >= 15 is 0 Å². The molecule has 1 aliphatic rings. The molecule has 1 N–H and O–H groups in total. The molecule has 2 heterocycles. The summed E-state index contributed by atoms with van der Waals surface area (Å²) >= 11 is 0. The largest absolute Gasteiger partial charge is 0.450 e. The minimum absolute atomic E-state index is 0.164. The van der Waals surface area contributed by atoms with Crippen molar-refractivity contribution in [3.8, 4) is 0 Å². The van der Waals surface area contributed by atoms with Gasteiger partial charge in [0.25, 0.3) is 5.95 Å². The zero-order valence-corrected chi connectivity index (χ0v) is 11.5. The molecule has 1 amide bonds. The van der Waals surface area contributed by atoms with Crippen LogP contribution in [0.4, 0.5) is 23.8 Å². The molecule has 0 atom stereocenters. The van der Waals surface area contributed by atoms with Gasteiger partial charge in [-0.3, -0.25) is 0 Å². The van der Waals surface area contributed by atoms with Crippen molar-refractivity contribution >= 4 is 11.9 Å². The predicted molar refractivity (Wildman–Crippen MR) is 69.4 cm³/mol. The Morgan fingerprint density at radius 2 is 2.05 bits per heavy atom. The summed E-state index contributed by atoms with van der Waals surface area (Å²) in [5, 5.41) is 2.74. The maximum Gasteiger partial charge on any atom is 0.409 e. The zero-order valence-electron chi connectivity index (χ0n) is 11.5. The molecule has 0 bridgehead atoms. The molecular weight excluding hydrogens is 287 g/mol. The Bertz CT molecular complexity index is 520. The first-order chi connectivity index (χ1) is 10.0. The van der Waals surface area contributed by atoms with E-state index in [0.29, 0.717) is 38.6 Å². The minimum atomic E-state index is -1.34. The Balaban J connectivity index is 1.92. The van der Waals surface area contributed by atoms with Crippen LogP contribution in [-0.2, 0) is 4.74 Å². The van der Waals surface area contributed by atoms with Gasteiger partial charge in [-0.15, -0.1) is 0 Å². The van der Waals surface area contributed by atoms with Crippen LogP contribution in [0.5, 0.6) is 0 Å². The highest BCUT2D eigenvalue weighted by atomic mass is 19.2. The molecule has 1 aromatic heterocycles. The molecule has 0 aromatic carbocycles. The molecule has 5 nitrogen and oxygen atoms in total. The van der Waals surface area contributed by atoms with Gasteiger partial charge in [-0.05, 0) is 19.8 Å². The van der Waals surface area contributed by atoms with E-state index in [1.165, 1.54) is 0 Å². The third-order valence-corrected chi connectivity index (χ3v) is 3.25. The molecule has 1 aliphatic heterocycles. The third kappa shape index (κ3) is 3.77. The molecule has 1 aromatic rings. The highest BCUT2D eigenvalue weighted by molar-refractivity contribution is 5.67. The number of piperidine rings is 1. The Hall–Kier alpha value is -1.99. The number of anilines is 1. The number of aromatic nitrogens is 1. The molecule has 0 saturated carbocycles. The second-order valence-corrected chi connectivity index (χ2v) is 4.70. The fourth-order valence-electron chi connectivity index (χ4n) is 2.16. The first-order valence-electron chi connectivity index (χ1n) is 6.71. The summed E-state index contributed by atoms with van der Waals surface area (Å²) in [6, 6.07) is 0.292. The van der Waals surface area contributed by atoms with Crippen molar-refractivity contribution < 1.29 is 22.7 Å². The Kier molecular flexibility index (Phi) is 4.87. The van der Waals surface area contributed by atoms with Gasteiger partial charge in [0.05, 0.1) is 6.61 Å². The lowest BCUT2D eigenvalue weighted by molar-refractivity contribution is 0.0983. The van der Waals surface area contributed by atoms with Crippen molar-refractivity contribution in [2.75, 3.05) is 25.0 Å². The second kappa shape index (κ2) is 6.64. The maximum atomic E-state index is 13.5. The van der Waals surface area contributed by atoms with E-state index in [1.807, 2.05) is 0 Å². The van der Waals surface area contributed by atoms with E-state index in [1.54, 1.807) is 11.8 Å². The molecule has 2 rings (SSSR count). The van der Waals surface area contributed by atoms with Crippen LogP contribution in [0.25, 0.3) is 0 Å². The topological polar surface area (TPSA) is 54.5 Å². The summed E-state index contributed by atoms with van der Waals surface area (Å²) < 4.78 is 44.2. The number of pyridine rings is 1. The third-order valence-electron chi connectivity index (χ3n) is 3.25. The number of amides is 1. The molecule has 21 heavy (non-hydrogen) atoms. The lowest BCUT2D eigenvalue weighted by Crippen LogP contribution is -2.42. The average Bonchev–Trinajstić information content (AvgIpc) is 2.46. The van der Waals surface area contributed by atoms with Crippen LogP contribution in [0.2, 0.25) is 0 Å². The monoisotopic (exact) mass is 303 g/mol. The van der Waals surface area contributed by atoms with E-state index in [0.717, 1.165) is 0 Å². The number of hydrogen-bond donors (Lipinski definition) is 1. The molecule has 0 aliphatic carbocycles. The summed E-state index contributed by atoms with van der Waals surface area (Å²) in [4.78, 5) is 16.3. The number of nitrogens with zero attached hydrogens (tertiary/aromatic N) is 2. The van der Waals surface area contributed by atoms with Crippen LogP contribution in [-0.4, -0.2) is 41.7 Å². The lowest BCUT2D eigenvalue weighted by atomic mass is 10.1. The fraction of sp³-hybridized carbons (Fsp3) is 0.538. The van der Waals surface area contributed by atoms with Crippen LogP contribution >= 0.6 is 0 Å². The highest BCUT2D eigenvalue weighted by Crippen LogP contribution is 2.19. The van der Waals surface area contributed by atoms with Gasteiger partial charge in [0.2, 0.25) is 0 Å². The van der Waals surface area contributed by atoms with E-state index in [2.05, 4.69) is 10.3 Å². The summed E-state index contributed by atoms with van der Waals surface area (Å²) in [6.07, 6.45) is 0.700. The first-order valence-corrected chi connectivity index (χ1v) is 6.71. The van der Waals surface area contributed by atoms with Gasteiger partial charge in [-0.1, -0.05) is 0 Å². The Morgan fingerprint density at radius 3 is 2.67 bits per heavy atom. The number of nitrogens with one attached hydrogen (secondary N) is 1. The molecule has 1 fully saturated rings. The van der Waals surface area contributed by atoms with Crippen molar-refractivity contribution in [2.45, 2.75) is 25.8 Å². The molecule has 116 valence electrons. The van der Waals surface area contributed by atoms with Crippen LogP contribution in [0.3, 0.4) is 0 Å². The molecule has 1 saturated heterocycles. The summed E-state index contributed by atoms with van der Waals surface area (Å²) in [5.74, 6) is -3.93. The fourth-order valence-corrected chi connectivity index (χ4v) is 2.16. The quantitative estimate of drug-likeness (QED) is 0.872. The predicted octanol–water partition coefficient (Wildman–Crippen LogP) is 2.53. The van der Waals surface area contributed by atoms with Crippen LogP contribution in [0.1, 0.15) is 19.8 Å². The number of hydrogen-bond acceptors (Lipinski definition) is 4. The maximum absolute atomic E-state index is 13.5. The van der Waals surface area contributed by atoms with E-state index in [4.69, 9.17) is 4.74 Å². The number of ether oxygens (including phenoxy) is 1. The molecular formula is C13H16F3N3O2. The van der Waals surface area contributed by atoms with Gasteiger partial charge in [0, 0.05) is 25.2 Å². The number of carbonyl (C=O) groups excluding carboxylic acids is 1. The lowest BCUT2D eigenvalue weighted by Gasteiger charge is -2.31. The van der Waals surface area contributed by atoms with E-state index < -0.39 is 17.6 Å². The molecule has 0 spiro atoms. The van der Waals surface area contributed by atoms with Gasteiger partial charge in [0.15, 0.2) is 17.5 Å². The van der Waals surface area contributed by atoms with Gasteiger partial charge in [0.1, 0.15) is 0 Å². The van der Waals surface area contributed by atoms with Gasteiger partial charge in [-0.2, -0.15) is 9.37 Å². The number of halogens is 3. The minimum Gasteiger partial charge on any atom is -0.450 e. The molecule has 8 heteroatoms. The number of carbonyl (C=O) groups is 1. The second-order valence-electron chi connectivity index (χ2n) is 4.70. The van der Waals surface area contributed by atoms with Gasteiger partial charge < -0.3 is 15.0 Å². The highest BCUT2D eigenvalue weighted by Gasteiger charge is 2.24. The summed E-state index contributed by atoms with van der Waals surface area (Å²) in [6.45, 7) is 2.92. The normalized spacial score (nSPS) is 15.9. The van der Waals surface area contributed by atoms with Crippen molar-refractivity contribution in [1.29, 1.82) is 0 Å². The standard InChI is InChI=1S/C13H16F3N3O2/c1-2-21-13(20)19-5-3-8(4-6-19)17-12-10(15)7-9(14)11(16)18-12/h7-8H,2-6H2,1H3,(H,17,18). The van der Waals surface area contributed by atoms with Gasteiger partial charge in [-0.25, -0.2) is 13.6 Å². The van der Waals surface area contributed by atoms with Gasteiger partial charge >= 0.3 is 6.09 Å². The van der Waals surface area contributed by atoms with Crippen LogP contribution < -0.4 is 5.32 Å². The number of likely N-dealkylation sites (tertiary alicyclic amines) is 1. The summed E-state index contributed by atoms with van der Waals surface area (Å²) in [7, 11) is 0. The zero-order chi connectivity index (χ0) is 15.4. The van der Waals surface area contributed by atoms with Crippen LogP contribution in [0, 0.1) is 17.6 Å². The molecule has 0 radical (unpaired) electrons. The molecule has 0 unspecified atom stereocenters. The van der Waals surface area contributed by atoms with Crippen molar-refractivity contribution in [3.63, 3.8) is 0 Å². The van der Waals surface area contributed by atoms with Crippen molar-refractivity contribution in [1.82, 2.24) is 9.88 Å². The Morgan fingerprint density at radius 1 is 1.38 bits per heavy atom. The SMILES string of the molecule is CCOC(=O)N1CCC(Nc2nc(F)c(F)cc2F)CC1. The van der Waals surface area contributed by atoms with E-state index in [9.17, 15) is 18.0 Å². The van der Waals surface area contributed by atoms with Crippen molar-refractivity contribution in [2.24, 2.45) is 0 Å². The van der Waals surface area contributed by atoms with Crippen LogP contribution in [0.15, 0.2) is 6.07 Å². The summed E-state index contributed by atoms with van der Waals surface area (Å²) in [5.41, 5.74) is 0. The van der Waals surface area contributed by atoms with E-state index in [-0.39, 0.29) is 18.0 Å².